The second-order valence-corrected chi connectivity index (χ2v) is 5.72. The van der Waals surface area contributed by atoms with E-state index in [2.05, 4.69) is 0 Å². The first-order valence-electron chi connectivity index (χ1n) is 7.25. The summed E-state index contributed by atoms with van der Waals surface area (Å²) >= 11 is 5.89. The van der Waals surface area contributed by atoms with Gasteiger partial charge in [0, 0.05) is 22.6 Å². The third-order valence-corrected chi connectivity index (χ3v) is 4.32. The maximum absolute atomic E-state index is 13.5. The van der Waals surface area contributed by atoms with Crippen LogP contribution >= 0.6 is 11.6 Å². The van der Waals surface area contributed by atoms with Crippen molar-refractivity contribution >= 4 is 29.1 Å². The Balaban J connectivity index is 2.00. The van der Waals surface area contributed by atoms with Gasteiger partial charge in [-0.2, -0.15) is 0 Å². The van der Waals surface area contributed by atoms with Crippen LogP contribution < -0.4 is 0 Å². The summed E-state index contributed by atoms with van der Waals surface area (Å²) in [7, 11) is 0. The van der Waals surface area contributed by atoms with Crippen LogP contribution in [0.3, 0.4) is 0 Å². The maximum atomic E-state index is 13.5. The minimum absolute atomic E-state index is 0.0915. The van der Waals surface area contributed by atoms with E-state index in [1.807, 2.05) is 0 Å². The molecule has 1 heterocycles. The van der Waals surface area contributed by atoms with Crippen molar-refractivity contribution in [2.75, 3.05) is 5.88 Å². The molecule has 2 amide bonds. The van der Waals surface area contributed by atoms with Gasteiger partial charge in [0.25, 0.3) is 5.71 Å². The Bertz CT molecular complexity index is 730. The van der Waals surface area contributed by atoms with E-state index in [9.17, 15) is 19.2 Å². The van der Waals surface area contributed by atoms with E-state index in [-0.39, 0.29) is 42.0 Å². The summed E-state index contributed by atoms with van der Waals surface area (Å²) in [5.41, 5.74) is 1.21. The van der Waals surface area contributed by atoms with Gasteiger partial charge in [-0.05, 0) is 25.0 Å². The molecule has 0 saturated heterocycles. The lowest BCUT2D eigenvalue weighted by atomic mass is 9.92. The van der Waals surface area contributed by atoms with E-state index in [1.165, 1.54) is 0 Å². The summed E-state index contributed by atoms with van der Waals surface area (Å²) in [6, 6.07) is 8.71. The molecule has 1 N–H and O–H groups in total. The molecule has 120 valence electrons. The van der Waals surface area contributed by atoms with Crippen LogP contribution in [0, 0.1) is 0 Å². The number of nitrogens with zero attached hydrogens (tertiary/aromatic N) is 2. The van der Waals surface area contributed by atoms with E-state index >= 15 is 0 Å². The maximum Gasteiger partial charge on any atom is 0.319 e. The second kappa shape index (κ2) is 6.12. The zero-order chi connectivity index (χ0) is 16.6. The van der Waals surface area contributed by atoms with Gasteiger partial charge in [-0.25, -0.2) is 4.39 Å². The summed E-state index contributed by atoms with van der Waals surface area (Å²) in [6.07, 6.45) is -0.816. The Morgan fingerprint density at radius 3 is 2.57 bits per heavy atom. The largest absolute Gasteiger partial charge is 0.319 e. The first kappa shape index (κ1) is 15.7. The second-order valence-electron chi connectivity index (χ2n) is 5.46. The van der Waals surface area contributed by atoms with Crippen LogP contribution in [-0.2, 0) is 9.59 Å². The molecule has 1 aliphatic carbocycles. The predicted molar refractivity (Wildman–Crippen MR) is 80.9 cm³/mol. The number of alkyl halides is 2. The van der Waals surface area contributed by atoms with E-state index < -0.39 is 18.0 Å². The first-order valence-corrected chi connectivity index (χ1v) is 7.79. The Morgan fingerprint density at radius 1 is 1.26 bits per heavy atom. The van der Waals surface area contributed by atoms with Crippen LogP contribution in [0.1, 0.15) is 24.8 Å². The molecule has 1 aromatic rings. The average Bonchev–Trinajstić information content (AvgIpc) is 2.80. The van der Waals surface area contributed by atoms with Crippen molar-refractivity contribution < 1.29 is 24.0 Å². The number of rotatable bonds is 3. The molecule has 7 heteroatoms. The highest BCUT2D eigenvalue weighted by molar-refractivity contribution is 6.30. The average molecular weight is 338 g/mol. The van der Waals surface area contributed by atoms with Crippen molar-refractivity contribution in [3.63, 3.8) is 0 Å². The third-order valence-electron chi connectivity index (χ3n) is 4.06. The van der Waals surface area contributed by atoms with Gasteiger partial charge in [-0.1, -0.05) is 18.2 Å². The molecule has 1 aliphatic heterocycles. The molecule has 0 saturated carbocycles. The summed E-state index contributed by atoms with van der Waals surface area (Å²) < 4.78 is 13.5. The molecule has 1 atom stereocenters. The fourth-order valence-corrected chi connectivity index (χ4v) is 3.13. The van der Waals surface area contributed by atoms with Gasteiger partial charge in [-0.3, -0.25) is 14.8 Å². The molecular weight excluding hydrogens is 323 g/mol. The van der Waals surface area contributed by atoms with Crippen LogP contribution in [0.25, 0.3) is 0 Å². The van der Waals surface area contributed by atoms with Crippen molar-refractivity contribution in [1.29, 1.82) is 0 Å². The van der Waals surface area contributed by atoms with E-state index in [0.717, 1.165) is 0 Å². The standard InChI is InChI=1S/C16H15ClFN2O3/c17-9-14(10-4-2-1-3-5-10)20(23)19-15(21)12-7-6-11(18)8-13(12)16(19)22/h1-5,11,23H,6-9H2/q+1. The van der Waals surface area contributed by atoms with Gasteiger partial charge in [0.15, 0.2) is 0 Å². The zero-order valence-electron chi connectivity index (χ0n) is 12.2. The summed E-state index contributed by atoms with van der Waals surface area (Å²) in [6.45, 7) is 0. The quantitative estimate of drug-likeness (QED) is 0.230. The van der Waals surface area contributed by atoms with Gasteiger partial charge < -0.3 is 0 Å². The third kappa shape index (κ3) is 2.63. The number of amides is 2. The van der Waals surface area contributed by atoms with Gasteiger partial charge >= 0.3 is 11.8 Å². The van der Waals surface area contributed by atoms with Crippen LogP contribution in [-0.4, -0.2) is 44.6 Å². The summed E-state index contributed by atoms with van der Waals surface area (Å²) in [4.78, 5) is 25.3. The molecule has 1 unspecified atom stereocenters. The summed E-state index contributed by atoms with van der Waals surface area (Å²) in [5.74, 6) is -1.40. The van der Waals surface area contributed by atoms with Crippen molar-refractivity contribution in [3.05, 3.63) is 47.0 Å². The SMILES string of the molecule is O=C1C2=C(CC(F)CC2)C(=O)N1[N+](O)=C(CCl)c1ccccc1. The zero-order valence-corrected chi connectivity index (χ0v) is 13.0. The molecule has 1 aromatic carbocycles. The fraction of sp³-hybridized carbons (Fsp3) is 0.312. The number of hydrazone groups is 1. The molecular formula is C16H15ClFN2O3+. The van der Waals surface area contributed by atoms with E-state index in [4.69, 9.17) is 11.6 Å². The predicted octanol–water partition coefficient (Wildman–Crippen LogP) is 2.22. The molecule has 5 nitrogen and oxygen atoms in total. The fourth-order valence-electron chi connectivity index (χ4n) is 2.87. The lowest BCUT2D eigenvalue weighted by Crippen LogP contribution is -2.43. The Labute approximate surface area is 137 Å². The Kier molecular flexibility index (Phi) is 4.17. The van der Waals surface area contributed by atoms with E-state index in [0.29, 0.717) is 15.4 Å². The molecule has 0 radical (unpaired) electrons. The number of hydrogen-bond acceptors (Lipinski definition) is 3. The van der Waals surface area contributed by atoms with Gasteiger partial charge in [0.2, 0.25) is 0 Å². The van der Waals surface area contributed by atoms with Crippen molar-refractivity contribution in [1.82, 2.24) is 5.01 Å². The molecule has 2 aliphatic rings. The highest BCUT2D eigenvalue weighted by Gasteiger charge is 2.49. The first-order chi connectivity index (χ1) is 11.0. The smallest absolute Gasteiger partial charge is 0.263 e. The summed E-state index contributed by atoms with van der Waals surface area (Å²) in [5, 5.41) is 11.0. The topological polar surface area (TPSA) is 60.6 Å². The lowest BCUT2D eigenvalue weighted by molar-refractivity contribution is -0.860. The van der Waals surface area contributed by atoms with Crippen molar-refractivity contribution in [3.8, 4) is 0 Å². The molecule has 23 heavy (non-hydrogen) atoms. The van der Waals surface area contributed by atoms with Crippen LogP contribution in [0.15, 0.2) is 41.5 Å². The molecule has 0 spiro atoms. The van der Waals surface area contributed by atoms with E-state index in [1.54, 1.807) is 30.3 Å². The number of benzene rings is 1. The number of hydrogen-bond donors (Lipinski definition) is 1. The normalized spacial score (nSPS) is 22.3. The van der Waals surface area contributed by atoms with Gasteiger partial charge in [0.05, 0.1) is 5.56 Å². The van der Waals surface area contributed by atoms with Crippen molar-refractivity contribution in [2.45, 2.75) is 25.4 Å². The van der Waals surface area contributed by atoms with Gasteiger partial charge in [-0.15, -0.1) is 11.6 Å². The molecule has 0 aromatic heterocycles. The Morgan fingerprint density at radius 2 is 1.91 bits per heavy atom. The number of imide groups is 1. The highest BCUT2D eigenvalue weighted by atomic mass is 35.5. The number of hydrazine groups is 1. The van der Waals surface area contributed by atoms with Crippen LogP contribution in [0.5, 0.6) is 0 Å². The Hall–Kier alpha value is -2.21. The minimum Gasteiger partial charge on any atom is -0.263 e. The highest BCUT2D eigenvalue weighted by Crippen LogP contribution is 2.34. The number of carbonyl (C=O) groups excluding carboxylic acids is 2. The monoisotopic (exact) mass is 337 g/mol. The minimum atomic E-state index is -1.14. The van der Waals surface area contributed by atoms with Gasteiger partial charge in [0.1, 0.15) is 16.9 Å². The number of carbonyl (C=O) groups is 2. The molecule has 3 rings (SSSR count). The lowest BCUT2D eigenvalue weighted by Gasteiger charge is -2.13. The molecule has 0 fully saturated rings. The number of halogens is 2. The van der Waals surface area contributed by atoms with Crippen LogP contribution in [0.4, 0.5) is 4.39 Å². The molecule has 0 bridgehead atoms. The van der Waals surface area contributed by atoms with Crippen molar-refractivity contribution in [2.24, 2.45) is 0 Å². The van der Waals surface area contributed by atoms with Crippen LogP contribution in [0.2, 0.25) is 0 Å².